The van der Waals surface area contributed by atoms with Crippen LogP contribution in [0.3, 0.4) is 0 Å². The van der Waals surface area contributed by atoms with E-state index in [2.05, 4.69) is 37.3 Å². The van der Waals surface area contributed by atoms with Gasteiger partial charge in [-0.25, -0.2) is 0 Å². The van der Waals surface area contributed by atoms with Crippen LogP contribution >= 0.6 is 23.4 Å². The highest BCUT2D eigenvalue weighted by Crippen LogP contribution is 2.44. The molecule has 0 saturated heterocycles. The van der Waals surface area contributed by atoms with Crippen LogP contribution in [0, 0.1) is 0 Å². The lowest BCUT2D eigenvalue weighted by molar-refractivity contribution is 1.00. The molecule has 3 rings (SSSR count). The first-order valence-electron chi connectivity index (χ1n) is 6.28. The number of hydrogen-bond acceptors (Lipinski definition) is 2. The molecule has 0 bridgehead atoms. The number of rotatable bonds is 1. The molecule has 1 aliphatic heterocycles. The van der Waals surface area contributed by atoms with Crippen LogP contribution in [0.5, 0.6) is 0 Å². The van der Waals surface area contributed by atoms with Crippen LogP contribution in [0.1, 0.15) is 24.2 Å². The van der Waals surface area contributed by atoms with Gasteiger partial charge in [0, 0.05) is 27.3 Å². The van der Waals surface area contributed by atoms with Crippen molar-refractivity contribution < 1.29 is 0 Å². The summed E-state index contributed by atoms with van der Waals surface area (Å²) in [6.07, 6.45) is 0.973. The molecule has 1 nitrogen and oxygen atoms in total. The van der Waals surface area contributed by atoms with Crippen LogP contribution in [-0.2, 0) is 0 Å². The van der Waals surface area contributed by atoms with E-state index in [-0.39, 0.29) is 0 Å². The van der Waals surface area contributed by atoms with Crippen molar-refractivity contribution in [2.75, 3.05) is 0 Å². The van der Waals surface area contributed by atoms with E-state index in [1.165, 1.54) is 16.2 Å². The van der Waals surface area contributed by atoms with Crippen molar-refractivity contribution in [3.8, 4) is 0 Å². The SMILES string of the molecule is CC1=Nc2ccccc2S[C@@H](c2ccc(Cl)cc2)C1. The maximum Gasteiger partial charge on any atom is 0.0764 e. The molecule has 1 heterocycles. The zero-order chi connectivity index (χ0) is 13.2. The summed E-state index contributed by atoms with van der Waals surface area (Å²) >= 11 is 7.84. The van der Waals surface area contributed by atoms with Crippen molar-refractivity contribution in [3.63, 3.8) is 0 Å². The first-order valence-corrected chi connectivity index (χ1v) is 7.53. The van der Waals surface area contributed by atoms with Gasteiger partial charge in [-0.1, -0.05) is 35.9 Å². The Morgan fingerprint density at radius 2 is 1.84 bits per heavy atom. The number of fused-ring (bicyclic) bond motifs is 1. The van der Waals surface area contributed by atoms with E-state index in [1.54, 1.807) is 0 Å². The van der Waals surface area contributed by atoms with Gasteiger partial charge in [0.15, 0.2) is 0 Å². The van der Waals surface area contributed by atoms with Gasteiger partial charge in [-0.05, 0) is 36.8 Å². The van der Waals surface area contributed by atoms with Gasteiger partial charge >= 0.3 is 0 Å². The molecule has 0 radical (unpaired) electrons. The number of thioether (sulfide) groups is 1. The molecule has 0 aliphatic carbocycles. The van der Waals surface area contributed by atoms with E-state index in [9.17, 15) is 0 Å². The number of aliphatic imine (C=N–C) groups is 1. The molecule has 3 heteroatoms. The molecular weight excluding hydrogens is 274 g/mol. The van der Waals surface area contributed by atoms with Gasteiger partial charge in [-0.2, -0.15) is 0 Å². The molecular formula is C16H14ClNS. The van der Waals surface area contributed by atoms with E-state index >= 15 is 0 Å². The van der Waals surface area contributed by atoms with Crippen LogP contribution in [0.25, 0.3) is 0 Å². The Kier molecular flexibility index (Phi) is 3.63. The Balaban J connectivity index is 1.98. The summed E-state index contributed by atoms with van der Waals surface area (Å²) in [7, 11) is 0. The smallest absolute Gasteiger partial charge is 0.0764 e. The van der Waals surface area contributed by atoms with Crippen molar-refractivity contribution in [3.05, 3.63) is 59.1 Å². The maximum absolute atomic E-state index is 5.96. The quantitative estimate of drug-likeness (QED) is 0.658. The lowest BCUT2D eigenvalue weighted by atomic mass is 10.1. The second-order valence-electron chi connectivity index (χ2n) is 4.68. The van der Waals surface area contributed by atoms with Gasteiger partial charge in [-0.15, -0.1) is 11.8 Å². The van der Waals surface area contributed by atoms with Crippen LogP contribution in [0.4, 0.5) is 5.69 Å². The average molecular weight is 288 g/mol. The predicted molar refractivity (Wildman–Crippen MR) is 83.9 cm³/mol. The summed E-state index contributed by atoms with van der Waals surface area (Å²) in [4.78, 5) is 5.95. The van der Waals surface area contributed by atoms with Gasteiger partial charge in [0.25, 0.3) is 0 Å². The summed E-state index contributed by atoms with van der Waals surface area (Å²) in [6, 6.07) is 16.5. The molecule has 0 spiro atoms. The van der Waals surface area contributed by atoms with Crippen molar-refractivity contribution in [2.24, 2.45) is 4.99 Å². The fraction of sp³-hybridized carbons (Fsp3) is 0.188. The predicted octanol–water partition coefficient (Wildman–Crippen LogP) is 5.67. The second-order valence-corrected chi connectivity index (χ2v) is 6.36. The highest BCUT2D eigenvalue weighted by Gasteiger charge is 2.19. The molecule has 1 aliphatic rings. The molecule has 1 atom stereocenters. The molecule has 0 N–H and O–H groups in total. The lowest BCUT2D eigenvalue weighted by Gasteiger charge is -2.15. The minimum absolute atomic E-state index is 0.407. The monoisotopic (exact) mass is 287 g/mol. The van der Waals surface area contributed by atoms with Gasteiger partial charge < -0.3 is 0 Å². The molecule has 2 aromatic rings. The topological polar surface area (TPSA) is 12.4 Å². The molecule has 0 amide bonds. The highest BCUT2D eigenvalue weighted by atomic mass is 35.5. The van der Waals surface area contributed by atoms with E-state index in [4.69, 9.17) is 16.6 Å². The molecule has 19 heavy (non-hydrogen) atoms. The number of halogens is 1. The number of para-hydroxylation sites is 1. The minimum atomic E-state index is 0.407. The summed E-state index contributed by atoms with van der Waals surface area (Å²) in [5.41, 5.74) is 3.57. The lowest BCUT2D eigenvalue weighted by Crippen LogP contribution is -1.99. The van der Waals surface area contributed by atoms with Gasteiger partial charge in [0.2, 0.25) is 0 Å². The molecule has 0 aromatic heterocycles. The molecule has 0 fully saturated rings. The Morgan fingerprint density at radius 1 is 1.11 bits per heavy atom. The third kappa shape index (κ3) is 2.85. The summed E-state index contributed by atoms with van der Waals surface area (Å²) in [5, 5.41) is 1.19. The molecule has 0 unspecified atom stereocenters. The van der Waals surface area contributed by atoms with E-state index in [1.807, 2.05) is 30.0 Å². The Bertz CT molecular complexity index is 619. The van der Waals surface area contributed by atoms with E-state index in [0.717, 1.165) is 17.1 Å². The van der Waals surface area contributed by atoms with Gasteiger partial charge in [0.1, 0.15) is 0 Å². The molecule has 96 valence electrons. The van der Waals surface area contributed by atoms with Crippen LogP contribution in [-0.4, -0.2) is 5.71 Å². The van der Waals surface area contributed by atoms with E-state index in [0.29, 0.717) is 5.25 Å². The zero-order valence-corrected chi connectivity index (χ0v) is 12.2. The third-order valence-electron chi connectivity index (χ3n) is 3.17. The fourth-order valence-corrected chi connectivity index (χ4v) is 3.67. The van der Waals surface area contributed by atoms with Crippen LogP contribution < -0.4 is 0 Å². The van der Waals surface area contributed by atoms with Crippen LogP contribution in [0.15, 0.2) is 58.4 Å². The van der Waals surface area contributed by atoms with Gasteiger partial charge in [-0.3, -0.25) is 4.99 Å². The number of hydrogen-bond donors (Lipinski definition) is 0. The summed E-state index contributed by atoms with van der Waals surface area (Å²) < 4.78 is 0. The fourth-order valence-electron chi connectivity index (χ4n) is 2.23. The molecule has 2 aromatic carbocycles. The summed E-state index contributed by atoms with van der Waals surface area (Å²) in [5.74, 6) is 0. The maximum atomic E-state index is 5.96. The number of nitrogens with zero attached hydrogens (tertiary/aromatic N) is 1. The van der Waals surface area contributed by atoms with Crippen molar-refractivity contribution in [1.29, 1.82) is 0 Å². The first kappa shape index (κ1) is 12.8. The Hall–Kier alpha value is -1.25. The second kappa shape index (κ2) is 5.40. The standard InChI is InChI=1S/C16H14ClNS/c1-11-10-16(12-6-8-13(17)9-7-12)19-15-5-3-2-4-14(15)18-11/h2-9,16H,10H2,1H3/t16-/m1/s1. The third-order valence-corrected chi connectivity index (χ3v) is 4.74. The van der Waals surface area contributed by atoms with Crippen molar-refractivity contribution in [2.45, 2.75) is 23.5 Å². The van der Waals surface area contributed by atoms with E-state index < -0.39 is 0 Å². The molecule has 0 saturated carbocycles. The normalized spacial score (nSPS) is 18.4. The Morgan fingerprint density at radius 3 is 2.63 bits per heavy atom. The summed E-state index contributed by atoms with van der Waals surface area (Å²) in [6.45, 7) is 2.10. The van der Waals surface area contributed by atoms with Crippen LogP contribution in [0.2, 0.25) is 5.02 Å². The minimum Gasteiger partial charge on any atom is -0.257 e. The highest BCUT2D eigenvalue weighted by molar-refractivity contribution is 7.99. The zero-order valence-electron chi connectivity index (χ0n) is 10.6. The van der Waals surface area contributed by atoms with Crippen molar-refractivity contribution >= 4 is 34.8 Å². The first-order chi connectivity index (χ1) is 9.22. The largest absolute Gasteiger partial charge is 0.257 e. The number of benzene rings is 2. The van der Waals surface area contributed by atoms with Crippen molar-refractivity contribution in [1.82, 2.24) is 0 Å². The Labute approximate surface area is 122 Å². The van der Waals surface area contributed by atoms with Gasteiger partial charge in [0.05, 0.1) is 5.69 Å². The average Bonchev–Trinajstić information content (AvgIpc) is 2.57.